The summed E-state index contributed by atoms with van der Waals surface area (Å²) in [5.74, 6) is 1.36. The lowest BCUT2D eigenvalue weighted by Crippen LogP contribution is -2.16. The van der Waals surface area contributed by atoms with Crippen molar-refractivity contribution in [1.29, 1.82) is 0 Å². The summed E-state index contributed by atoms with van der Waals surface area (Å²) in [7, 11) is 0. The number of anilines is 1. The molecule has 1 saturated heterocycles. The molecule has 94 valence electrons. The molecule has 0 amide bonds. The van der Waals surface area contributed by atoms with Crippen LogP contribution in [0.1, 0.15) is 24.6 Å². The lowest BCUT2D eigenvalue weighted by atomic mass is 10.0. The molecule has 1 unspecified atom stereocenters. The van der Waals surface area contributed by atoms with E-state index in [0.717, 1.165) is 25.0 Å². The topological polar surface area (TPSA) is 87.1 Å². The molecule has 6 nitrogen and oxygen atoms in total. The van der Waals surface area contributed by atoms with Crippen LogP contribution in [0.25, 0.3) is 11.5 Å². The van der Waals surface area contributed by atoms with E-state index in [0.29, 0.717) is 24.0 Å². The Morgan fingerprint density at radius 1 is 1.39 bits per heavy atom. The standard InChI is InChI=1S/C12H14N4O2/c13-10-6-14-4-3-9(10)12-15-11(16-18-12)8-2-1-5-17-7-8/h3-4,6,8H,1-2,5,7,13H2. The van der Waals surface area contributed by atoms with Gasteiger partial charge in [-0.2, -0.15) is 4.98 Å². The van der Waals surface area contributed by atoms with E-state index < -0.39 is 0 Å². The van der Waals surface area contributed by atoms with Gasteiger partial charge in [-0.15, -0.1) is 0 Å². The number of nitrogens with zero attached hydrogens (tertiary/aromatic N) is 3. The van der Waals surface area contributed by atoms with Crippen molar-refractivity contribution in [3.63, 3.8) is 0 Å². The van der Waals surface area contributed by atoms with Crippen LogP contribution in [0.15, 0.2) is 23.0 Å². The van der Waals surface area contributed by atoms with Gasteiger partial charge >= 0.3 is 0 Å². The molecule has 1 aliphatic rings. The fourth-order valence-corrected chi connectivity index (χ4v) is 2.06. The van der Waals surface area contributed by atoms with Crippen LogP contribution in [0.2, 0.25) is 0 Å². The number of aromatic nitrogens is 3. The molecule has 1 atom stereocenters. The molecular formula is C12H14N4O2. The highest BCUT2D eigenvalue weighted by molar-refractivity contribution is 5.68. The molecule has 3 heterocycles. The quantitative estimate of drug-likeness (QED) is 0.866. The zero-order chi connectivity index (χ0) is 12.4. The molecule has 0 spiro atoms. The van der Waals surface area contributed by atoms with Gasteiger partial charge in [-0.3, -0.25) is 4.98 Å². The summed E-state index contributed by atoms with van der Waals surface area (Å²) >= 11 is 0. The van der Waals surface area contributed by atoms with Gasteiger partial charge in [-0.25, -0.2) is 0 Å². The molecule has 2 aromatic rings. The maximum absolute atomic E-state index is 5.83. The normalized spacial score (nSPS) is 19.9. The summed E-state index contributed by atoms with van der Waals surface area (Å²) < 4.78 is 10.7. The van der Waals surface area contributed by atoms with Gasteiger partial charge in [0.2, 0.25) is 0 Å². The fraction of sp³-hybridized carbons (Fsp3) is 0.417. The molecular weight excluding hydrogens is 232 g/mol. The van der Waals surface area contributed by atoms with Crippen LogP contribution in [0.3, 0.4) is 0 Å². The summed E-state index contributed by atoms with van der Waals surface area (Å²) in [6, 6.07) is 1.77. The van der Waals surface area contributed by atoms with E-state index in [1.165, 1.54) is 0 Å². The van der Waals surface area contributed by atoms with Crippen molar-refractivity contribution in [2.24, 2.45) is 0 Å². The van der Waals surface area contributed by atoms with Gasteiger partial charge in [0.1, 0.15) is 0 Å². The predicted octanol–water partition coefficient (Wildman–Crippen LogP) is 1.61. The third-order valence-corrected chi connectivity index (χ3v) is 3.05. The Labute approximate surface area is 104 Å². The van der Waals surface area contributed by atoms with Crippen LogP contribution >= 0.6 is 0 Å². The average Bonchev–Trinajstić information content (AvgIpc) is 2.90. The minimum Gasteiger partial charge on any atom is -0.397 e. The van der Waals surface area contributed by atoms with Crippen LogP contribution in [-0.4, -0.2) is 28.3 Å². The number of hydrogen-bond donors (Lipinski definition) is 1. The molecule has 2 aromatic heterocycles. The van der Waals surface area contributed by atoms with E-state index in [2.05, 4.69) is 15.1 Å². The highest BCUT2D eigenvalue weighted by Crippen LogP contribution is 2.27. The fourth-order valence-electron chi connectivity index (χ4n) is 2.06. The lowest BCUT2D eigenvalue weighted by molar-refractivity contribution is 0.0773. The molecule has 0 bridgehead atoms. The third-order valence-electron chi connectivity index (χ3n) is 3.05. The van der Waals surface area contributed by atoms with E-state index >= 15 is 0 Å². The molecule has 6 heteroatoms. The van der Waals surface area contributed by atoms with Crippen LogP contribution in [0.4, 0.5) is 5.69 Å². The van der Waals surface area contributed by atoms with E-state index in [4.69, 9.17) is 15.0 Å². The summed E-state index contributed by atoms with van der Waals surface area (Å²) in [4.78, 5) is 8.33. The van der Waals surface area contributed by atoms with E-state index in [1.807, 2.05) is 0 Å². The zero-order valence-corrected chi connectivity index (χ0v) is 9.87. The number of nitrogen functional groups attached to an aromatic ring is 1. The highest BCUT2D eigenvalue weighted by Gasteiger charge is 2.22. The van der Waals surface area contributed by atoms with Crippen molar-refractivity contribution >= 4 is 5.69 Å². The first-order valence-corrected chi connectivity index (χ1v) is 5.96. The minimum absolute atomic E-state index is 0.222. The van der Waals surface area contributed by atoms with Gasteiger partial charge in [0.15, 0.2) is 5.82 Å². The van der Waals surface area contributed by atoms with Gasteiger partial charge in [0.25, 0.3) is 5.89 Å². The van der Waals surface area contributed by atoms with Gasteiger partial charge < -0.3 is 15.0 Å². The molecule has 2 N–H and O–H groups in total. The first-order valence-electron chi connectivity index (χ1n) is 5.96. The Balaban J connectivity index is 1.87. The molecule has 3 rings (SSSR count). The van der Waals surface area contributed by atoms with Crippen molar-refractivity contribution in [1.82, 2.24) is 15.1 Å². The first-order chi connectivity index (χ1) is 8.84. The van der Waals surface area contributed by atoms with Crippen LogP contribution in [0, 0.1) is 0 Å². The molecule has 18 heavy (non-hydrogen) atoms. The maximum Gasteiger partial charge on any atom is 0.260 e. The zero-order valence-electron chi connectivity index (χ0n) is 9.87. The molecule has 0 radical (unpaired) electrons. The second-order valence-corrected chi connectivity index (χ2v) is 4.33. The summed E-state index contributed by atoms with van der Waals surface area (Å²) in [6.45, 7) is 1.48. The van der Waals surface area contributed by atoms with E-state index in [-0.39, 0.29) is 5.92 Å². The third kappa shape index (κ3) is 2.06. The Morgan fingerprint density at radius 3 is 3.11 bits per heavy atom. The monoisotopic (exact) mass is 246 g/mol. The second-order valence-electron chi connectivity index (χ2n) is 4.33. The van der Waals surface area contributed by atoms with Crippen molar-refractivity contribution < 1.29 is 9.26 Å². The molecule has 0 aromatic carbocycles. The maximum atomic E-state index is 5.83. The minimum atomic E-state index is 0.222. The molecule has 1 fully saturated rings. The SMILES string of the molecule is Nc1cnccc1-c1nc(C2CCCOC2)no1. The summed E-state index contributed by atoms with van der Waals surface area (Å²) in [5, 5.41) is 4.02. The number of hydrogen-bond acceptors (Lipinski definition) is 6. The summed E-state index contributed by atoms with van der Waals surface area (Å²) in [5.41, 5.74) is 7.08. The number of nitrogens with two attached hydrogens (primary N) is 1. The smallest absolute Gasteiger partial charge is 0.260 e. The number of ether oxygens (including phenoxy) is 1. The average molecular weight is 246 g/mol. The van der Waals surface area contributed by atoms with Crippen LogP contribution in [0.5, 0.6) is 0 Å². The molecule has 0 aliphatic carbocycles. The Bertz CT molecular complexity index is 534. The number of rotatable bonds is 2. The summed E-state index contributed by atoms with van der Waals surface area (Å²) in [6.07, 6.45) is 5.29. The molecule has 0 saturated carbocycles. The van der Waals surface area contributed by atoms with Gasteiger partial charge in [-0.05, 0) is 18.9 Å². The van der Waals surface area contributed by atoms with Gasteiger partial charge in [-0.1, -0.05) is 5.16 Å². The Kier molecular flexibility index (Phi) is 2.93. The Morgan fingerprint density at radius 2 is 2.33 bits per heavy atom. The Hall–Kier alpha value is -1.95. The largest absolute Gasteiger partial charge is 0.397 e. The number of pyridine rings is 1. The van der Waals surface area contributed by atoms with Gasteiger partial charge in [0, 0.05) is 18.7 Å². The van der Waals surface area contributed by atoms with Crippen molar-refractivity contribution in [2.75, 3.05) is 18.9 Å². The van der Waals surface area contributed by atoms with E-state index in [9.17, 15) is 0 Å². The lowest BCUT2D eigenvalue weighted by Gasteiger charge is -2.18. The van der Waals surface area contributed by atoms with Crippen LogP contribution < -0.4 is 5.73 Å². The predicted molar refractivity (Wildman–Crippen MR) is 64.7 cm³/mol. The highest BCUT2D eigenvalue weighted by atomic mass is 16.5. The van der Waals surface area contributed by atoms with E-state index in [1.54, 1.807) is 18.5 Å². The second kappa shape index (κ2) is 4.73. The molecule has 1 aliphatic heterocycles. The van der Waals surface area contributed by atoms with Crippen LogP contribution in [-0.2, 0) is 4.74 Å². The first kappa shape index (κ1) is 11.2. The van der Waals surface area contributed by atoms with Crippen molar-refractivity contribution in [2.45, 2.75) is 18.8 Å². The van der Waals surface area contributed by atoms with Crippen molar-refractivity contribution in [3.05, 3.63) is 24.3 Å². The van der Waals surface area contributed by atoms with Crippen molar-refractivity contribution in [3.8, 4) is 11.5 Å². The van der Waals surface area contributed by atoms with Gasteiger partial charge in [0.05, 0.1) is 24.1 Å².